The van der Waals surface area contributed by atoms with Crippen LogP contribution in [0.1, 0.15) is 50.4 Å². The number of rotatable bonds is 7. The number of amides is 3. The molecule has 0 saturated carbocycles. The van der Waals surface area contributed by atoms with E-state index >= 15 is 0 Å². The Morgan fingerprint density at radius 3 is 2.62 bits per heavy atom. The lowest BCUT2D eigenvalue weighted by Gasteiger charge is -2.25. The third-order valence-corrected chi connectivity index (χ3v) is 4.85. The van der Waals surface area contributed by atoms with E-state index < -0.39 is 11.6 Å². The number of nitrogens with one attached hydrogen (secondary N) is 1. The lowest BCUT2D eigenvalue weighted by molar-refractivity contribution is -0.132. The van der Waals surface area contributed by atoms with Gasteiger partial charge in [0, 0.05) is 11.4 Å². The third-order valence-electron chi connectivity index (χ3n) is 4.60. The second-order valence-corrected chi connectivity index (χ2v) is 6.73. The van der Waals surface area contributed by atoms with Crippen LogP contribution in [0.4, 0.5) is 4.79 Å². The van der Waals surface area contributed by atoms with Crippen molar-refractivity contribution in [3.63, 3.8) is 0 Å². The van der Waals surface area contributed by atoms with E-state index in [9.17, 15) is 9.59 Å². The fourth-order valence-corrected chi connectivity index (χ4v) is 3.20. The van der Waals surface area contributed by atoms with Gasteiger partial charge in [-0.25, -0.2) is 4.79 Å². The van der Waals surface area contributed by atoms with Gasteiger partial charge in [0.2, 0.25) is 5.89 Å². The molecule has 1 aromatic carbocycles. The number of urea groups is 1. The summed E-state index contributed by atoms with van der Waals surface area (Å²) in [5.41, 5.74) is -0.411. The van der Waals surface area contributed by atoms with E-state index in [1.54, 1.807) is 24.3 Å². The van der Waals surface area contributed by atoms with E-state index in [4.69, 9.17) is 16.1 Å². The Morgan fingerprint density at radius 2 is 1.96 bits per heavy atom. The van der Waals surface area contributed by atoms with Crippen molar-refractivity contribution in [3.8, 4) is 0 Å². The smallest absolute Gasteiger partial charge is 0.325 e. The van der Waals surface area contributed by atoms with Gasteiger partial charge in [-0.05, 0) is 30.5 Å². The van der Waals surface area contributed by atoms with E-state index in [0.717, 1.165) is 17.7 Å². The predicted octanol–water partition coefficient (Wildman–Crippen LogP) is 3.42. The highest BCUT2D eigenvalue weighted by Gasteiger charge is 2.51. The molecule has 0 spiro atoms. The van der Waals surface area contributed by atoms with E-state index in [0.29, 0.717) is 29.3 Å². The van der Waals surface area contributed by atoms with Gasteiger partial charge in [0.15, 0.2) is 5.82 Å². The summed E-state index contributed by atoms with van der Waals surface area (Å²) in [5, 5.41) is 7.29. The second-order valence-electron chi connectivity index (χ2n) is 6.30. The van der Waals surface area contributed by atoms with Gasteiger partial charge in [0.05, 0.1) is 0 Å². The van der Waals surface area contributed by atoms with Crippen molar-refractivity contribution in [1.82, 2.24) is 20.4 Å². The molecule has 1 aliphatic rings. The Balaban J connectivity index is 1.81. The van der Waals surface area contributed by atoms with Crippen LogP contribution in [0.3, 0.4) is 0 Å². The van der Waals surface area contributed by atoms with Gasteiger partial charge in [0.1, 0.15) is 12.1 Å². The number of unbranched alkanes of at least 4 members (excludes halogenated alkanes) is 1. The second kappa shape index (κ2) is 7.45. The number of nitrogens with zero attached hydrogens (tertiary/aromatic N) is 3. The number of aromatic nitrogens is 2. The molecular formula is C18H21ClN4O3. The van der Waals surface area contributed by atoms with Crippen LogP contribution in [0.2, 0.25) is 5.02 Å². The maximum Gasteiger partial charge on any atom is 0.325 e. The van der Waals surface area contributed by atoms with Crippen LogP contribution in [0.5, 0.6) is 0 Å². The minimum absolute atomic E-state index is 0.0425. The molecule has 0 radical (unpaired) electrons. The summed E-state index contributed by atoms with van der Waals surface area (Å²) in [6.45, 7) is 3.89. The fourth-order valence-electron chi connectivity index (χ4n) is 3.07. The molecule has 0 bridgehead atoms. The maximum absolute atomic E-state index is 13.1. The van der Waals surface area contributed by atoms with E-state index in [-0.39, 0.29) is 18.3 Å². The number of carbonyl (C=O) groups is 2. The molecule has 1 aliphatic heterocycles. The molecule has 1 N–H and O–H groups in total. The number of benzene rings is 1. The Kier molecular flexibility index (Phi) is 5.27. The van der Waals surface area contributed by atoms with Crippen LogP contribution in [-0.2, 0) is 23.3 Å². The Morgan fingerprint density at radius 1 is 1.23 bits per heavy atom. The zero-order chi connectivity index (χ0) is 18.7. The van der Waals surface area contributed by atoms with Crippen LogP contribution in [0.25, 0.3) is 0 Å². The average Bonchev–Trinajstić information content (AvgIpc) is 3.19. The third kappa shape index (κ3) is 3.31. The SMILES string of the molecule is CCCCc1noc(CN2C(=O)NC(CC)(c3ccc(Cl)cc3)C2=O)n1. The number of aryl methyl sites for hydroxylation is 1. The number of carbonyl (C=O) groups excluding carboxylic acids is 2. The van der Waals surface area contributed by atoms with Crippen LogP contribution < -0.4 is 5.32 Å². The van der Waals surface area contributed by atoms with Gasteiger partial charge >= 0.3 is 6.03 Å². The number of hydrogen-bond acceptors (Lipinski definition) is 5. The molecule has 8 heteroatoms. The molecule has 1 atom stereocenters. The summed E-state index contributed by atoms with van der Waals surface area (Å²) in [4.78, 5) is 30.9. The molecule has 2 heterocycles. The van der Waals surface area contributed by atoms with Gasteiger partial charge in [-0.1, -0.05) is 49.2 Å². The van der Waals surface area contributed by atoms with Crippen molar-refractivity contribution in [2.24, 2.45) is 0 Å². The lowest BCUT2D eigenvalue weighted by atomic mass is 9.87. The first-order valence-electron chi connectivity index (χ1n) is 8.71. The van der Waals surface area contributed by atoms with Crippen molar-refractivity contribution in [2.45, 2.75) is 51.6 Å². The largest absolute Gasteiger partial charge is 0.337 e. The highest BCUT2D eigenvalue weighted by molar-refractivity contribution is 6.30. The molecule has 0 aliphatic carbocycles. The molecule has 3 rings (SSSR count). The van der Waals surface area contributed by atoms with Gasteiger partial charge in [-0.2, -0.15) is 4.98 Å². The molecule has 3 amide bonds. The molecule has 7 nitrogen and oxygen atoms in total. The van der Waals surface area contributed by atoms with Crippen molar-refractivity contribution in [2.75, 3.05) is 0 Å². The highest BCUT2D eigenvalue weighted by Crippen LogP contribution is 2.33. The topological polar surface area (TPSA) is 88.3 Å². The first-order valence-corrected chi connectivity index (χ1v) is 9.09. The first-order chi connectivity index (χ1) is 12.5. The van der Waals surface area contributed by atoms with Crippen LogP contribution in [0.15, 0.2) is 28.8 Å². The number of hydrogen-bond donors (Lipinski definition) is 1. The summed E-state index contributed by atoms with van der Waals surface area (Å²) in [6, 6.07) is 6.44. The van der Waals surface area contributed by atoms with Crippen molar-refractivity contribution < 1.29 is 14.1 Å². The summed E-state index contributed by atoms with van der Waals surface area (Å²) in [6.07, 6.45) is 3.11. The van der Waals surface area contributed by atoms with Gasteiger partial charge in [0.25, 0.3) is 5.91 Å². The van der Waals surface area contributed by atoms with Crippen LogP contribution in [0, 0.1) is 0 Å². The highest BCUT2D eigenvalue weighted by atomic mass is 35.5. The Labute approximate surface area is 156 Å². The first kappa shape index (κ1) is 18.4. The van der Waals surface area contributed by atoms with Crippen LogP contribution in [-0.4, -0.2) is 27.0 Å². The Bertz CT molecular complexity index is 805. The van der Waals surface area contributed by atoms with E-state index in [2.05, 4.69) is 22.4 Å². The molecule has 26 heavy (non-hydrogen) atoms. The maximum atomic E-state index is 13.1. The standard InChI is InChI=1S/C18H21ClN4O3/c1-3-5-6-14-20-15(26-22-14)11-23-16(24)18(4-2,21-17(23)25)12-7-9-13(19)10-8-12/h7-10H,3-6,11H2,1-2H3,(H,21,25). The quantitative estimate of drug-likeness (QED) is 0.748. The molecule has 1 fully saturated rings. The predicted molar refractivity (Wildman–Crippen MR) is 95.4 cm³/mol. The molecule has 1 aromatic heterocycles. The van der Waals surface area contributed by atoms with Gasteiger partial charge < -0.3 is 9.84 Å². The summed E-state index contributed by atoms with van der Waals surface area (Å²) in [5.74, 6) is 0.511. The van der Waals surface area contributed by atoms with E-state index in [1.165, 1.54) is 0 Å². The number of imide groups is 1. The van der Waals surface area contributed by atoms with Crippen molar-refractivity contribution >= 4 is 23.5 Å². The monoisotopic (exact) mass is 376 g/mol. The van der Waals surface area contributed by atoms with Crippen molar-refractivity contribution in [3.05, 3.63) is 46.6 Å². The molecule has 2 aromatic rings. The van der Waals surface area contributed by atoms with E-state index in [1.807, 2.05) is 6.92 Å². The zero-order valence-corrected chi connectivity index (χ0v) is 15.5. The van der Waals surface area contributed by atoms with Crippen LogP contribution >= 0.6 is 11.6 Å². The molecule has 1 saturated heterocycles. The fraction of sp³-hybridized carbons (Fsp3) is 0.444. The summed E-state index contributed by atoms with van der Waals surface area (Å²) >= 11 is 5.94. The summed E-state index contributed by atoms with van der Waals surface area (Å²) in [7, 11) is 0. The van der Waals surface area contributed by atoms with Gasteiger partial charge in [-0.15, -0.1) is 0 Å². The molecule has 1 unspecified atom stereocenters. The zero-order valence-electron chi connectivity index (χ0n) is 14.8. The van der Waals surface area contributed by atoms with Gasteiger partial charge in [-0.3, -0.25) is 9.69 Å². The number of halogens is 1. The summed E-state index contributed by atoms with van der Waals surface area (Å²) < 4.78 is 5.19. The minimum Gasteiger partial charge on any atom is -0.337 e. The lowest BCUT2D eigenvalue weighted by Crippen LogP contribution is -2.43. The normalized spacial score (nSPS) is 19.9. The average molecular weight is 377 g/mol. The minimum atomic E-state index is -1.10. The molecular weight excluding hydrogens is 356 g/mol. The van der Waals surface area contributed by atoms with Crippen molar-refractivity contribution in [1.29, 1.82) is 0 Å². The Hall–Kier alpha value is -2.41. The molecule has 138 valence electrons.